The topological polar surface area (TPSA) is 62.3 Å². The first-order valence-corrected chi connectivity index (χ1v) is 6.33. The Kier molecular flexibility index (Phi) is 2.91. The second kappa shape index (κ2) is 4.59. The Labute approximate surface area is 112 Å². The van der Waals surface area contributed by atoms with Gasteiger partial charge in [-0.1, -0.05) is 0 Å². The van der Waals surface area contributed by atoms with Gasteiger partial charge in [0, 0.05) is 19.0 Å². The largest absolute Gasteiger partial charge is 0.454 e. The van der Waals surface area contributed by atoms with Crippen molar-refractivity contribution in [1.29, 1.82) is 0 Å². The van der Waals surface area contributed by atoms with Gasteiger partial charge in [-0.3, -0.25) is 0 Å². The second-order valence-corrected chi connectivity index (χ2v) is 4.63. The lowest BCUT2D eigenvalue weighted by Crippen LogP contribution is -2.08. The lowest BCUT2D eigenvalue weighted by molar-refractivity contribution is 0.174. The third kappa shape index (κ3) is 1.96. The Balaban J connectivity index is 2.07. The highest BCUT2D eigenvalue weighted by Crippen LogP contribution is 2.36. The normalized spacial score (nSPS) is 13.0. The molecule has 2 heterocycles. The van der Waals surface area contributed by atoms with Crippen LogP contribution in [0.5, 0.6) is 11.5 Å². The van der Waals surface area contributed by atoms with Crippen LogP contribution in [-0.4, -0.2) is 22.9 Å². The summed E-state index contributed by atoms with van der Waals surface area (Å²) in [5.74, 6) is 2.59. The van der Waals surface area contributed by atoms with Gasteiger partial charge in [-0.15, -0.1) is 0 Å². The minimum Gasteiger partial charge on any atom is -0.454 e. The van der Waals surface area contributed by atoms with Crippen LogP contribution in [0.3, 0.4) is 0 Å². The Bertz CT molecular complexity index is 619. The van der Waals surface area contributed by atoms with Gasteiger partial charge in [-0.25, -0.2) is 4.98 Å². The van der Waals surface area contributed by atoms with Crippen molar-refractivity contribution >= 4 is 0 Å². The number of benzene rings is 1. The van der Waals surface area contributed by atoms with Crippen molar-refractivity contribution in [3.8, 4) is 22.8 Å². The number of imidazole rings is 1. The van der Waals surface area contributed by atoms with Crippen LogP contribution < -0.4 is 15.2 Å². The van der Waals surface area contributed by atoms with Crippen molar-refractivity contribution in [3.05, 3.63) is 29.7 Å². The van der Waals surface area contributed by atoms with Gasteiger partial charge in [0.1, 0.15) is 5.82 Å². The maximum absolute atomic E-state index is 5.61. The molecule has 0 atom stereocenters. The van der Waals surface area contributed by atoms with Gasteiger partial charge in [0.05, 0.1) is 11.4 Å². The van der Waals surface area contributed by atoms with E-state index in [0.29, 0.717) is 13.3 Å². The van der Waals surface area contributed by atoms with Crippen LogP contribution in [0, 0.1) is 6.92 Å². The van der Waals surface area contributed by atoms with Crippen molar-refractivity contribution < 1.29 is 9.47 Å². The van der Waals surface area contributed by atoms with Crippen molar-refractivity contribution in [2.75, 3.05) is 13.3 Å². The van der Waals surface area contributed by atoms with E-state index in [1.807, 2.05) is 32.2 Å². The first kappa shape index (κ1) is 12.0. The molecule has 19 heavy (non-hydrogen) atoms. The molecule has 0 radical (unpaired) electrons. The van der Waals surface area contributed by atoms with E-state index in [0.717, 1.165) is 40.7 Å². The highest BCUT2D eigenvalue weighted by Gasteiger charge is 2.18. The predicted molar refractivity (Wildman–Crippen MR) is 72.3 cm³/mol. The zero-order valence-electron chi connectivity index (χ0n) is 11.1. The molecule has 5 heteroatoms. The number of hydrogen-bond acceptors (Lipinski definition) is 4. The summed E-state index contributed by atoms with van der Waals surface area (Å²) in [5.41, 5.74) is 8.80. The van der Waals surface area contributed by atoms with E-state index >= 15 is 0 Å². The number of aryl methyl sites for hydroxylation is 1. The summed E-state index contributed by atoms with van der Waals surface area (Å²) in [6, 6.07) is 5.97. The molecule has 5 nitrogen and oxygen atoms in total. The molecule has 0 amide bonds. The maximum atomic E-state index is 5.61. The van der Waals surface area contributed by atoms with Crippen LogP contribution in [-0.2, 0) is 13.5 Å². The quantitative estimate of drug-likeness (QED) is 0.910. The third-order valence-corrected chi connectivity index (χ3v) is 3.38. The number of rotatable bonds is 3. The number of hydrogen-bond donors (Lipinski definition) is 1. The Morgan fingerprint density at radius 3 is 2.89 bits per heavy atom. The minimum absolute atomic E-state index is 0.293. The first-order valence-electron chi connectivity index (χ1n) is 6.33. The number of fused-ring (bicyclic) bond motifs is 1. The summed E-state index contributed by atoms with van der Waals surface area (Å²) in [6.07, 6.45) is 0.780. The molecule has 0 aliphatic carbocycles. The molecule has 0 unspecified atom stereocenters. The van der Waals surface area contributed by atoms with E-state index in [1.54, 1.807) is 0 Å². The van der Waals surface area contributed by atoms with Gasteiger partial charge in [0.2, 0.25) is 6.79 Å². The summed E-state index contributed by atoms with van der Waals surface area (Å²) in [5, 5.41) is 0. The van der Waals surface area contributed by atoms with Crippen LogP contribution in [0.4, 0.5) is 0 Å². The van der Waals surface area contributed by atoms with Crippen molar-refractivity contribution in [2.24, 2.45) is 12.8 Å². The van der Waals surface area contributed by atoms with E-state index in [-0.39, 0.29) is 0 Å². The average Bonchev–Trinajstić information content (AvgIpc) is 2.95. The van der Waals surface area contributed by atoms with E-state index in [9.17, 15) is 0 Å². The summed E-state index contributed by atoms with van der Waals surface area (Å²) >= 11 is 0. The van der Waals surface area contributed by atoms with E-state index in [4.69, 9.17) is 15.2 Å². The smallest absolute Gasteiger partial charge is 0.231 e. The lowest BCUT2D eigenvalue weighted by Gasteiger charge is -2.07. The number of ether oxygens (including phenoxy) is 2. The fraction of sp³-hybridized carbons (Fsp3) is 0.357. The van der Waals surface area contributed by atoms with Crippen molar-refractivity contribution in [3.63, 3.8) is 0 Å². The van der Waals surface area contributed by atoms with Crippen LogP contribution >= 0.6 is 0 Å². The van der Waals surface area contributed by atoms with Gasteiger partial charge in [0.15, 0.2) is 11.5 Å². The number of aromatic nitrogens is 2. The number of nitrogens with zero attached hydrogens (tertiary/aromatic N) is 2. The van der Waals surface area contributed by atoms with Gasteiger partial charge in [-0.05, 0) is 31.7 Å². The van der Waals surface area contributed by atoms with E-state index in [1.165, 1.54) is 0 Å². The second-order valence-electron chi connectivity index (χ2n) is 4.63. The predicted octanol–water partition coefficient (Wildman–Crippen LogP) is 1.63. The van der Waals surface area contributed by atoms with Gasteiger partial charge >= 0.3 is 0 Å². The zero-order chi connectivity index (χ0) is 13.4. The highest BCUT2D eigenvalue weighted by molar-refractivity contribution is 5.67. The fourth-order valence-corrected chi connectivity index (χ4v) is 2.49. The van der Waals surface area contributed by atoms with Gasteiger partial charge in [0.25, 0.3) is 0 Å². The molecule has 1 aliphatic rings. The lowest BCUT2D eigenvalue weighted by atomic mass is 10.1. The van der Waals surface area contributed by atoms with Crippen LogP contribution in [0.1, 0.15) is 11.5 Å². The molecule has 2 N–H and O–H groups in total. The molecular formula is C14H17N3O2. The molecule has 1 aromatic heterocycles. The monoisotopic (exact) mass is 259 g/mol. The van der Waals surface area contributed by atoms with Crippen LogP contribution in [0.2, 0.25) is 0 Å². The first-order chi connectivity index (χ1) is 9.20. The molecular weight excluding hydrogens is 242 g/mol. The maximum Gasteiger partial charge on any atom is 0.231 e. The summed E-state index contributed by atoms with van der Waals surface area (Å²) < 4.78 is 12.9. The average molecular weight is 259 g/mol. The molecule has 0 saturated carbocycles. The van der Waals surface area contributed by atoms with Crippen LogP contribution in [0.25, 0.3) is 11.3 Å². The molecule has 0 spiro atoms. The van der Waals surface area contributed by atoms with Crippen LogP contribution in [0.15, 0.2) is 18.2 Å². The Morgan fingerprint density at radius 2 is 2.11 bits per heavy atom. The van der Waals surface area contributed by atoms with Crippen molar-refractivity contribution in [2.45, 2.75) is 13.3 Å². The molecule has 3 rings (SSSR count). The molecule has 1 aliphatic heterocycles. The molecule has 0 fully saturated rings. The standard InChI is InChI=1S/C14H17N3O2/c1-9-14(17(2)13(16-9)5-6-15)10-3-4-11-12(7-10)19-8-18-11/h3-4,7H,5-6,8,15H2,1-2H3. The van der Waals surface area contributed by atoms with E-state index in [2.05, 4.69) is 9.55 Å². The van der Waals surface area contributed by atoms with E-state index < -0.39 is 0 Å². The summed E-state index contributed by atoms with van der Waals surface area (Å²) in [6.45, 7) is 2.91. The van der Waals surface area contributed by atoms with Gasteiger partial charge < -0.3 is 19.8 Å². The molecule has 0 bridgehead atoms. The molecule has 1 aromatic carbocycles. The summed E-state index contributed by atoms with van der Waals surface area (Å²) in [4.78, 5) is 4.58. The molecule has 2 aromatic rings. The third-order valence-electron chi connectivity index (χ3n) is 3.38. The van der Waals surface area contributed by atoms with Gasteiger partial charge in [-0.2, -0.15) is 0 Å². The Hall–Kier alpha value is -2.01. The zero-order valence-corrected chi connectivity index (χ0v) is 11.1. The van der Waals surface area contributed by atoms with Crippen molar-refractivity contribution in [1.82, 2.24) is 9.55 Å². The molecule has 0 saturated heterocycles. The molecule has 100 valence electrons. The number of nitrogens with two attached hydrogens (primary N) is 1. The Morgan fingerprint density at radius 1 is 1.32 bits per heavy atom. The minimum atomic E-state index is 0.293. The highest BCUT2D eigenvalue weighted by atomic mass is 16.7. The fourth-order valence-electron chi connectivity index (χ4n) is 2.49. The SMILES string of the molecule is Cc1nc(CCN)n(C)c1-c1ccc2c(c1)OCO2. The summed E-state index contributed by atoms with van der Waals surface area (Å²) in [7, 11) is 2.02.